The van der Waals surface area contributed by atoms with Crippen LogP contribution >= 0.6 is 0 Å². The van der Waals surface area contributed by atoms with Crippen molar-refractivity contribution in [2.75, 3.05) is 6.54 Å². The van der Waals surface area contributed by atoms with Crippen LogP contribution in [0.5, 0.6) is 0 Å². The van der Waals surface area contributed by atoms with Gasteiger partial charge >= 0.3 is 0 Å². The Balaban J connectivity index is 1.79. The SMILES string of the molecule is NCC(=O)N(Cc1ccccc1)[C@@H]1CCCC[C@H]1Cc1ccccc1. The Bertz CT molecular complexity index is 656. The minimum atomic E-state index is 0.0637. The van der Waals surface area contributed by atoms with Gasteiger partial charge in [-0.3, -0.25) is 4.79 Å². The van der Waals surface area contributed by atoms with E-state index in [4.69, 9.17) is 5.73 Å². The highest BCUT2D eigenvalue weighted by atomic mass is 16.2. The zero-order valence-electron chi connectivity index (χ0n) is 14.8. The van der Waals surface area contributed by atoms with E-state index in [-0.39, 0.29) is 18.5 Å². The molecule has 132 valence electrons. The molecule has 0 bridgehead atoms. The second kappa shape index (κ2) is 8.82. The van der Waals surface area contributed by atoms with Crippen LogP contribution in [0.25, 0.3) is 0 Å². The number of amides is 1. The third-order valence-corrected chi connectivity index (χ3v) is 5.30. The Morgan fingerprint density at radius 2 is 1.52 bits per heavy atom. The fraction of sp³-hybridized carbons (Fsp3) is 0.409. The standard InChI is InChI=1S/C22H28N2O/c23-16-22(25)24(17-19-11-5-2-6-12-19)21-14-8-7-13-20(21)15-18-9-3-1-4-10-18/h1-6,9-12,20-21H,7-8,13-17,23H2/t20-,21+/m0/s1. The van der Waals surface area contributed by atoms with Gasteiger partial charge in [0.25, 0.3) is 0 Å². The van der Waals surface area contributed by atoms with E-state index >= 15 is 0 Å². The molecule has 0 heterocycles. The average Bonchev–Trinajstić information content (AvgIpc) is 2.68. The number of nitrogens with zero attached hydrogens (tertiary/aromatic N) is 1. The Kier molecular flexibility index (Phi) is 6.24. The second-order valence-electron chi connectivity index (χ2n) is 7.01. The van der Waals surface area contributed by atoms with Crippen LogP contribution in [0, 0.1) is 5.92 Å². The minimum Gasteiger partial charge on any atom is -0.334 e. The summed E-state index contributed by atoms with van der Waals surface area (Å²) in [4.78, 5) is 14.7. The highest BCUT2D eigenvalue weighted by molar-refractivity contribution is 5.78. The fourth-order valence-corrected chi connectivity index (χ4v) is 4.04. The third-order valence-electron chi connectivity index (χ3n) is 5.30. The number of carbonyl (C=O) groups is 1. The summed E-state index contributed by atoms with van der Waals surface area (Å²) in [6.45, 7) is 0.744. The molecule has 0 saturated heterocycles. The average molecular weight is 336 g/mol. The number of benzene rings is 2. The Morgan fingerprint density at radius 3 is 2.16 bits per heavy atom. The molecule has 1 fully saturated rings. The zero-order valence-corrected chi connectivity index (χ0v) is 14.8. The monoisotopic (exact) mass is 336 g/mol. The Morgan fingerprint density at radius 1 is 0.920 bits per heavy atom. The molecule has 2 N–H and O–H groups in total. The van der Waals surface area contributed by atoms with Crippen molar-refractivity contribution in [3.8, 4) is 0 Å². The van der Waals surface area contributed by atoms with Gasteiger partial charge in [-0.25, -0.2) is 0 Å². The van der Waals surface area contributed by atoms with Crippen molar-refractivity contribution < 1.29 is 4.79 Å². The molecule has 0 radical (unpaired) electrons. The van der Waals surface area contributed by atoms with E-state index in [1.807, 2.05) is 23.1 Å². The quantitative estimate of drug-likeness (QED) is 0.873. The van der Waals surface area contributed by atoms with Crippen LogP contribution in [0.15, 0.2) is 60.7 Å². The maximum atomic E-state index is 12.6. The molecule has 2 aromatic rings. The van der Waals surface area contributed by atoms with Gasteiger partial charge in [-0.1, -0.05) is 73.5 Å². The molecule has 25 heavy (non-hydrogen) atoms. The molecule has 1 amide bonds. The lowest BCUT2D eigenvalue weighted by Gasteiger charge is -2.40. The molecule has 0 aromatic heterocycles. The van der Waals surface area contributed by atoms with E-state index in [2.05, 4.69) is 42.5 Å². The third kappa shape index (κ3) is 4.70. The largest absolute Gasteiger partial charge is 0.334 e. The number of carbonyl (C=O) groups excluding carboxylic acids is 1. The molecule has 2 aromatic carbocycles. The molecule has 3 rings (SSSR count). The van der Waals surface area contributed by atoms with Gasteiger partial charge in [-0.05, 0) is 36.3 Å². The lowest BCUT2D eigenvalue weighted by molar-refractivity contribution is -0.134. The van der Waals surface area contributed by atoms with Crippen LogP contribution < -0.4 is 5.73 Å². The second-order valence-corrected chi connectivity index (χ2v) is 7.01. The van der Waals surface area contributed by atoms with Gasteiger partial charge in [-0.15, -0.1) is 0 Å². The van der Waals surface area contributed by atoms with E-state index in [0.717, 1.165) is 12.8 Å². The number of nitrogens with two attached hydrogens (primary N) is 1. The first-order chi connectivity index (χ1) is 12.3. The highest BCUT2D eigenvalue weighted by Gasteiger charge is 2.32. The summed E-state index contributed by atoms with van der Waals surface area (Å²) in [6.07, 6.45) is 5.75. The summed E-state index contributed by atoms with van der Waals surface area (Å²) in [5.74, 6) is 0.573. The molecule has 0 aliphatic heterocycles. The molecular weight excluding hydrogens is 308 g/mol. The number of hydrogen-bond acceptors (Lipinski definition) is 2. The molecule has 3 heteroatoms. The lowest BCUT2D eigenvalue weighted by Crippen LogP contribution is -2.48. The maximum Gasteiger partial charge on any atom is 0.236 e. The molecule has 0 spiro atoms. The first-order valence-corrected chi connectivity index (χ1v) is 9.35. The van der Waals surface area contributed by atoms with Gasteiger partial charge in [0.15, 0.2) is 0 Å². The van der Waals surface area contributed by atoms with Crippen molar-refractivity contribution in [2.24, 2.45) is 11.7 Å². The van der Waals surface area contributed by atoms with Crippen molar-refractivity contribution in [2.45, 2.75) is 44.7 Å². The van der Waals surface area contributed by atoms with E-state index < -0.39 is 0 Å². The van der Waals surface area contributed by atoms with E-state index in [0.29, 0.717) is 12.5 Å². The van der Waals surface area contributed by atoms with Gasteiger partial charge in [0.2, 0.25) is 5.91 Å². The predicted octanol–water partition coefficient (Wildman–Crippen LogP) is 3.78. The Hall–Kier alpha value is -2.13. The molecule has 1 aliphatic rings. The normalized spacial score (nSPS) is 20.2. The van der Waals surface area contributed by atoms with Crippen LogP contribution in [0.3, 0.4) is 0 Å². The first kappa shape index (κ1) is 17.7. The van der Waals surface area contributed by atoms with Crippen molar-refractivity contribution in [1.82, 2.24) is 4.90 Å². The summed E-state index contributed by atoms with van der Waals surface area (Å²) in [5, 5.41) is 0. The molecular formula is C22H28N2O. The zero-order chi connectivity index (χ0) is 17.5. The highest BCUT2D eigenvalue weighted by Crippen LogP contribution is 2.32. The molecule has 3 nitrogen and oxygen atoms in total. The molecule has 0 unspecified atom stereocenters. The lowest BCUT2D eigenvalue weighted by atomic mass is 9.79. The van der Waals surface area contributed by atoms with Crippen LogP contribution in [0.4, 0.5) is 0 Å². The topological polar surface area (TPSA) is 46.3 Å². The van der Waals surface area contributed by atoms with Crippen molar-refractivity contribution in [3.05, 3.63) is 71.8 Å². The fourth-order valence-electron chi connectivity index (χ4n) is 4.04. The van der Waals surface area contributed by atoms with Gasteiger partial charge in [0.1, 0.15) is 0 Å². The van der Waals surface area contributed by atoms with Crippen LogP contribution in [-0.2, 0) is 17.8 Å². The van der Waals surface area contributed by atoms with Crippen molar-refractivity contribution in [3.63, 3.8) is 0 Å². The minimum absolute atomic E-state index is 0.0637. The van der Waals surface area contributed by atoms with Crippen LogP contribution in [-0.4, -0.2) is 23.4 Å². The Labute approximate surface area is 150 Å². The van der Waals surface area contributed by atoms with E-state index in [9.17, 15) is 4.79 Å². The van der Waals surface area contributed by atoms with Crippen LogP contribution in [0.2, 0.25) is 0 Å². The maximum absolute atomic E-state index is 12.6. The van der Waals surface area contributed by atoms with Crippen molar-refractivity contribution in [1.29, 1.82) is 0 Å². The molecule has 1 aliphatic carbocycles. The summed E-state index contributed by atoms with van der Waals surface area (Å²) in [5.41, 5.74) is 8.27. The van der Waals surface area contributed by atoms with Gasteiger partial charge in [-0.2, -0.15) is 0 Å². The molecule has 2 atom stereocenters. The van der Waals surface area contributed by atoms with E-state index in [1.165, 1.54) is 30.4 Å². The van der Waals surface area contributed by atoms with Gasteiger partial charge in [0, 0.05) is 12.6 Å². The summed E-state index contributed by atoms with van der Waals surface area (Å²) in [6, 6.07) is 21.2. The number of rotatable bonds is 6. The predicted molar refractivity (Wildman–Crippen MR) is 102 cm³/mol. The summed E-state index contributed by atoms with van der Waals surface area (Å²) >= 11 is 0. The van der Waals surface area contributed by atoms with E-state index in [1.54, 1.807) is 0 Å². The smallest absolute Gasteiger partial charge is 0.236 e. The summed E-state index contributed by atoms with van der Waals surface area (Å²) < 4.78 is 0. The molecule has 1 saturated carbocycles. The van der Waals surface area contributed by atoms with Gasteiger partial charge < -0.3 is 10.6 Å². The van der Waals surface area contributed by atoms with Crippen molar-refractivity contribution >= 4 is 5.91 Å². The summed E-state index contributed by atoms with van der Waals surface area (Å²) in [7, 11) is 0. The number of hydrogen-bond donors (Lipinski definition) is 1. The van der Waals surface area contributed by atoms with Gasteiger partial charge in [0.05, 0.1) is 6.54 Å². The first-order valence-electron chi connectivity index (χ1n) is 9.35. The van der Waals surface area contributed by atoms with Crippen LogP contribution in [0.1, 0.15) is 36.8 Å².